The molecule has 4 heterocycles. The van der Waals surface area contributed by atoms with Gasteiger partial charge >= 0.3 is 0 Å². The van der Waals surface area contributed by atoms with Gasteiger partial charge in [-0.15, -0.1) is 0 Å². The number of nitrogens with one attached hydrogen (secondary N) is 1. The number of pyridine rings is 1. The molecular weight excluding hydrogens is 414 g/mol. The summed E-state index contributed by atoms with van der Waals surface area (Å²) in [6.07, 6.45) is 9.25. The van der Waals surface area contributed by atoms with Crippen LogP contribution in [0.15, 0.2) is 73.3 Å². The van der Waals surface area contributed by atoms with E-state index in [1.165, 1.54) is 30.2 Å². The molecule has 1 fully saturated rings. The van der Waals surface area contributed by atoms with E-state index < -0.39 is 0 Å². The van der Waals surface area contributed by atoms with Gasteiger partial charge in [0, 0.05) is 30.2 Å². The predicted molar refractivity (Wildman–Crippen MR) is 124 cm³/mol. The monoisotopic (exact) mass is 435 g/mol. The van der Waals surface area contributed by atoms with E-state index in [0.29, 0.717) is 28.8 Å². The van der Waals surface area contributed by atoms with Crippen molar-refractivity contribution in [1.82, 2.24) is 29.4 Å². The molecule has 0 aliphatic heterocycles. The highest BCUT2D eigenvalue weighted by Gasteiger charge is 2.24. The highest BCUT2D eigenvalue weighted by Crippen LogP contribution is 2.39. The first-order chi connectivity index (χ1) is 16.2. The number of aromatic nitrogens is 6. The van der Waals surface area contributed by atoms with Crippen molar-refractivity contribution in [2.45, 2.75) is 25.7 Å². The number of rotatable bonds is 5. The van der Waals surface area contributed by atoms with Crippen molar-refractivity contribution in [1.29, 1.82) is 0 Å². The lowest BCUT2D eigenvalue weighted by Crippen LogP contribution is -2.15. The van der Waals surface area contributed by atoms with Crippen LogP contribution in [0.5, 0.6) is 0 Å². The third kappa shape index (κ3) is 3.65. The van der Waals surface area contributed by atoms with Gasteiger partial charge in [-0.05, 0) is 43.4 Å². The maximum absolute atomic E-state index is 13.1. The van der Waals surface area contributed by atoms with Gasteiger partial charge in [0.05, 0.1) is 11.9 Å². The lowest BCUT2D eigenvalue weighted by molar-refractivity contribution is 0.102. The molecule has 8 heteroatoms. The van der Waals surface area contributed by atoms with Crippen LogP contribution in [-0.4, -0.2) is 35.3 Å². The smallest absolute Gasteiger partial charge is 0.262 e. The predicted octanol–water partition coefficient (Wildman–Crippen LogP) is 4.42. The van der Waals surface area contributed by atoms with E-state index in [9.17, 15) is 4.79 Å². The third-order valence-corrected chi connectivity index (χ3v) is 5.86. The minimum Gasteiger partial charge on any atom is -0.306 e. The molecule has 1 saturated carbocycles. The van der Waals surface area contributed by atoms with Crippen LogP contribution >= 0.6 is 0 Å². The van der Waals surface area contributed by atoms with Crippen molar-refractivity contribution in [3.63, 3.8) is 0 Å². The van der Waals surface area contributed by atoms with Crippen LogP contribution < -0.4 is 5.32 Å². The number of amides is 1. The Morgan fingerprint density at radius 2 is 1.91 bits per heavy atom. The summed E-state index contributed by atoms with van der Waals surface area (Å²) in [5.74, 6) is 1.48. The van der Waals surface area contributed by atoms with E-state index in [2.05, 4.69) is 26.4 Å². The van der Waals surface area contributed by atoms with E-state index in [-0.39, 0.29) is 5.91 Å². The Bertz CT molecular complexity index is 1460. The van der Waals surface area contributed by atoms with E-state index in [1.807, 2.05) is 49.5 Å². The zero-order chi connectivity index (χ0) is 22.4. The van der Waals surface area contributed by atoms with Crippen molar-refractivity contribution in [3.05, 3.63) is 90.0 Å². The van der Waals surface area contributed by atoms with Gasteiger partial charge in [0.2, 0.25) is 0 Å². The first-order valence-electron chi connectivity index (χ1n) is 10.9. The van der Waals surface area contributed by atoms with Crippen LogP contribution in [0.2, 0.25) is 0 Å². The molecule has 6 rings (SSSR count). The number of nitrogens with zero attached hydrogens (tertiary/aromatic N) is 6. The lowest BCUT2D eigenvalue weighted by Gasteiger charge is -2.08. The van der Waals surface area contributed by atoms with Crippen molar-refractivity contribution < 1.29 is 4.79 Å². The van der Waals surface area contributed by atoms with Gasteiger partial charge in [0.15, 0.2) is 11.5 Å². The van der Waals surface area contributed by atoms with Crippen LogP contribution in [0.1, 0.15) is 40.2 Å². The van der Waals surface area contributed by atoms with Crippen LogP contribution in [-0.2, 0) is 0 Å². The Labute approximate surface area is 189 Å². The first kappa shape index (κ1) is 19.4. The SMILES string of the molecule is Cc1ccc(-c2cc(NC(=O)c3cnn4cccnc34)n(-c3ccc(C4CC4)cn3)n2)cc1. The molecule has 0 unspecified atom stereocenters. The van der Waals surface area contributed by atoms with Gasteiger partial charge in [-0.1, -0.05) is 35.9 Å². The van der Waals surface area contributed by atoms with E-state index >= 15 is 0 Å². The molecular formula is C25H21N7O. The highest BCUT2D eigenvalue weighted by molar-refractivity contribution is 6.08. The maximum atomic E-state index is 13.1. The van der Waals surface area contributed by atoms with Gasteiger partial charge in [-0.3, -0.25) is 4.79 Å². The maximum Gasteiger partial charge on any atom is 0.262 e. The number of carbonyl (C=O) groups excluding carboxylic acids is 1. The number of aryl methyl sites for hydroxylation is 1. The zero-order valence-corrected chi connectivity index (χ0v) is 18.0. The zero-order valence-electron chi connectivity index (χ0n) is 18.0. The lowest BCUT2D eigenvalue weighted by atomic mass is 10.1. The van der Waals surface area contributed by atoms with Crippen molar-refractivity contribution in [3.8, 4) is 17.1 Å². The summed E-state index contributed by atoms with van der Waals surface area (Å²) >= 11 is 0. The van der Waals surface area contributed by atoms with Gasteiger partial charge in [0.25, 0.3) is 5.91 Å². The van der Waals surface area contributed by atoms with Crippen molar-refractivity contribution in [2.24, 2.45) is 0 Å². The van der Waals surface area contributed by atoms with Gasteiger partial charge in [-0.25, -0.2) is 14.5 Å². The molecule has 1 amide bonds. The molecule has 8 nitrogen and oxygen atoms in total. The fourth-order valence-corrected chi connectivity index (χ4v) is 3.86. The number of anilines is 1. The Hall–Kier alpha value is -4.33. The molecule has 162 valence electrons. The molecule has 0 spiro atoms. The van der Waals surface area contributed by atoms with E-state index in [1.54, 1.807) is 27.7 Å². The average molecular weight is 435 g/mol. The average Bonchev–Trinajstić information content (AvgIpc) is 3.47. The van der Waals surface area contributed by atoms with Crippen LogP contribution in [0.4, 0.5) is 5.82 Å². The van der Waals surface area contributed by atoms with Gasteiger partial charge in [-0.2, -0.15) is 14.9 Å². The second-order valence-corrected chi connectivity index (χ2v) is 8.32. The second-order valence-electron chi connectivity index (χ2n) is 8.32. The molecule has 5 aromatic rings. The molecule has 4 aromatic heterocycles. The summed E-state index contributed by atoms with van der Waals surface area (Å²) in [7, 11) is 0. The Morgan fingerprint density at radius 3 is 2.67 bits per heavy atom. The molecule has 1 N–H and O–H groups in total. The first-order valence-corrected chi connectivity index (χ1v) is 10.9. The quantitative estimate of drug-likeness (QED) is 0.442. The number of carbonyl (C=O) groups is 1. The number of hydrogen-bond donors (Lipinski definition) is 1. The van der Waals surface area contributed by atoms with Crippen molar-refractivity contribution in [2.75, 3.05) is 5.32 Å². The Morgan fingerprint density at radius 1 is 1.06 bits per heavy atom. The molecule has 0 radical (unpaired) electrons. The molecule has 0 saturated heterocycles. The minimum absolute atomic E-state index is 0.310. The molecule has 1 aliphatic rings. The van der Waals surface area contributed by atoms with Crippen molar-refractivity contribution >= 4 is 17.4 Å². The Kier molecular flexibility index (Phi) is 4.50. The van der Waals surface area contributed by atoms with Gasteiger partial charge < -0.3 is 5.32 Å². The summed E-state index contributed by atoms with van der Waals surface area (Å²) in [6, 6.07) is 15.8. The summed E-state index contributed by atoms with van der Waals surface area (Å²) in [4.78, 5) is 22.1. The second kappa shape index (κ2) is 7.67. The summed E-state index contributed by atoms with van der Waals surface area (Å²) in [6.45, 7) is 2.05. The fraction of sp³-hybridized carbons (Fsp3) is 0.160. The third-order valence-electron chi connectivity index (χ3n) is 5.86. The molecule has 0 bridgehead atoms. The molecule has 0 atom stereocenters. The number of benzene rings is 1. The van der Waals surface area contributed by atoms with Gasteiger partial charge in [0.1, 0.15) is 11.4 Å². The summed E-state index contributed by atoms with van der Waals surface area (Å²) in [5.41, 5.74) is 5.00. The summed E-state index contributed by atoms with van der Waals surface area (Å²) < 4.78 is 3.24. The highest BCUT2D eigenvalue weighted by atomic mass is 16.1. The van der Waals surface area contributed by atoms with Crippen LogP contribution in [0.25, 0.3) is 22.7 Å². The molecule has 1 aliphatic carbocycles. The standard InChI is InChI=1S/C25H21N7O/c1-16-3-5-18(6-4-16)21-13-23(29-25(33)20-15-28-31-12-2-11-26-24(20)31)32(30-21)22-10-9-19(14-27-22)17-7-8-17/h2-6,9-15,17H,7-8H2,1H3,(H,29,33). The number of hydrogen-bond acceptors (Lipinski definition) is 5. The largest absolute Gasteiger partial charge is 0.306 e. The summed E-state index contributed by atoms with van der Waals surface area (Å²) in [5, 5.41) is 12.0. The number of fused-ring (bicyclic) bond motifs is 1. The fourth-order valence-electron chi connectivity index (χ4n) is 3.86. The minimum atomic E-state index is -0.310. The van der Waals surface area contributed by atoms with E-state index in [4.69, 9.17) is 5.10 Å². The molecule has 1 aromatic carbocycles. The molecule has 33 heavy (non-hydrogen) atoms. The topological polar surface area (TPSA) is 90.0 Å². The normalized spacial score (nSPS) is 13.4. The van der Waals surface area contributed by atoms with Crippen LogP contribution in [0, 0.1) is 6.92 Å². The Balaban J connectivity index is 1.39. The van der Waals surface area contributed by atoms with Crippen LogP contribution in [0.3, 0.4) is 0 Å². The van der Waals surface area contributed by atoms with E-state index in [0.717, 1.165) is 11.3 Å².